The molecule has 3 saturated heterocycles. The summed E-state index contributed by atoms with van der Waals surface area (Å²) in [5, 5.41) is 9.24. The molecule has 2 amide bonds. The Morgan fingerprint density at radius 1 is 1.30 bits per heavy atom. The molecule has 3 heterocycles. The molecule has 0 aromatic carbocycles. The molecule has 0 radical (unpaired) electrons. The maximum Gasteiger partial charge on any atom is 0.312 e. The molecule has 5 atom stereocenters. The second-order valence-electron chi connectivity index (χ2n) is 9.19. The first-order valence-electron chi connectivity index (χ1n) is 12.2. The largest absolute Gasteiger partial charge is 0.465 e. The molecular weight excluding hydrogens is 424 g/mol. The first-order chi connectivity index (χ1) is 16.0. The van der Waals surface area contributed by atoms with Gasteiger partial charge in [-0.3, -0.25) is 14.4 Å². The lowest BCUT2D eigenvalue weighted by molar-refractivity contribution is -0.155. The number of hydrogen-bond acceptors (Lipinski definition) is 6. The van der Waals surface area contributed by atoms with Crippen molar-refractivity contribution in [3.63, 3.8) is 0 Å². The minimum absolute atomic E-state index is 0.0190. The molecule has 8 nitrogen and oxygen atoms in total. The van der Waals surface area contributed by atoms with Crippen molar-refractivity contribution in [2.24, 2.45) is 11.8 Å². The molecule has 3 aliphatic rings. The van der Waals surface area contributed by atoms with E-state index in [2.05, 4.69) is 20.1 Å². The highest BCUT2D eigenvalue weighted by molar-refractivity contribution is 5.98. The van der Waals surface area contributed by atoms with Gasteiger partial charge in [-0.25, -0.2) is 0 Å². The number of fused-ring (bicyclic) bond motifs is 1. The van der Waals surface area contributed by atoms with Crippen LogP contribution in [-0.4, -0.2) is 83.3 Å². The number of carbonyl (C=O) groups is 3. The van der Waals surface area contributed by atoms with Gasteiger partial charge in [0, 0.05) is 26.2 Å². The van der Waals surface area contributed by atoms with E-state index in [9.17, 15) is 19.5 Å². The van der Waals surface area contributed by atoms with Crippen molar-refractivity contribution in [1.82, 2.24) is 9.80 Å². The highest BCUT2D eigenvalue weighted by Crippen LogP contribution is 2.58. The molecule has 2 bridgehead atoms. The molecule has 184 valence electrons. The molecule has 0 saturated carbocycles. The molecule has 0 aliphatic carbocycles. The van der Waals surface area contributed by atoms with E-state index in [0.29, 0.717) is 51.7 Å². The van der Waals surface area contributed by atoms with E-state index in [1.807, 2.05) is 0 Å². The Balaban J connectivity index is 1.92. The van der Waals surface area contributed by atoms with Crippen LogP contribution in [0.5, 0.6) is 0 Å². The zero-order valence-corrected chi connectivity index (χ0v) is 19.7. The van der Waals surface area contributed by atoms with E-state index in [4.69, 9.17) is 9.47 Å². The van der Waals surface area contributed by atoms with Gasteiger partial charge in [0.1, 0.15) is 11.6 Å². The Bertz CT molecular complexity index is 755. The number of aliphatic hydroxyl groups excluding tert-OH is 1. The third-order valence-electron chi connectivity index (χ3n) is 7.12. The molecule has 1 spiro atoms. The van der Waals surface area contributed by atoms with Crippen LogP contribution in [0.4, 0.5) is 0 Å². The summed E-state index contributed by atoms with van der Waals surface area (Å²) in [5.74, 6) is -2.21. The fourth-order valence-electron chi connectivity index (χ4n) is 5.64. The van der Waals surface area contributed by atoms with Crippen molar-refractivity contribution in [3.8, 4) is 0 Å². The molecule has 3 fully saturated rings. The number of rotatable bonds is 14. The number of esters is 1. The molecular formula is C25H38N2O6. The summed E-state index contributed by atoms with van der Waals surface area (Å²) in [4.78, 5) is 43.9. The Labute approximate surface area is 196 Å². The maximum atomic E-state index is 13.9. The normalized spacial score (nSPS) is 29.8. The first-order valence-corrected chi connectivity index (χ1v) is 12.2. The molecule has 0 aromatic rings. The van der Waals surface area contributed by atoms with Crippen LogP contribution in [-0.2, 0) is 23.9 Å². The average Bonchev–Trinajstić information content (AvgIpc) is 3.44. The van der Waals surface area contributed by atoms with E-state index in [1.165, 1.54) is 0 Å². The van der Waals surface area contributed by atoms with E-state index in [0.717, 1.165) is 12.8 Å². The summed E-state index contributed by atoms with van der Waals surface area (Å²) < 4.78 is 11.8. The Morgan fingerprint density at radius 2 is 2.09 bits per heavy atom. The van der Waals surface area contributed by atoms with Crippen molar-refractivity contribution in [3.05, 3.63) is 25.3 Å². The Morgan fingerprint density at radius 3 is 2.76 bits per heavy atom. The van der Waals surface area contributed by atoms with Crippen LogP contribution in [0.25, 0.3) is 0 Å². The highest BCUT2D eigenvalue weighted by atomic mass is 16.6. The summed E-state index contributed by atoms with van der Waals surface area (Å²) in [6.45, 7) is 11.0. The Kier molecular flexibility index (Phi) is 8.70. The quantitative estimate of drug-likeness (QED) is 0.241. The van der Waals surface area contributed by atoms with Gasteiger partial charge in [0.05, 0.1) is 24.5 Å². The van der Waals surface area contributed by atoms with E-state index in [-0.39, 0.29) is 25.0 Å². The predicted octanol–water partition coefficient (Wildman–Crippen LogP) is 2.07. The zero-order valence-electron chi connectivity index (χ0n) is 19.7. The highest BCUT2D eigenvalue weighted by Gasteiger charge is 2.74. The summed E-state index contributed by atoms with van der Waals surface area (Å²) in [6.07, 6.45) is 7.58. The lowest BCUT2D eigenvalue weighted by atomic mass is 9.70. The third-order valence-corrected chi connectivity index (χ3v) is 7.12. The number of carbonyl (C=O) groups excluding carboxylic acids is 3. The molecule has 2 unspecified atom stereocenters. The fraction of sp³-hybridized carbons (Fsp3) is 0.720. The zero-order chi connectivity index (χ0) is 24.0. The minimum atomic E-state index is -1.01. The van der Waals surface area contributed by atoms with Crippen LogP contribution in [0.15, 0.2) is 25.3 Å². The average molecular weight is 463 g/mol. The summed E-state index contributed by atoms with van der Waals surface area (Å²) >= 11 is 0. The van der Waals surface area contributed by atoms with E-state index < -0.39 is 35.6 Å². The van der Waals surface area contributed by atoms with E-state index >= 15 is 0 Å². The minimum Gasteiger partial charge on any atom is -0.465 e. The fourth-order valence-corrected chi connectivity index (χ4v) is 5.64. The molecule has 1 N–H and O–H groups in total. The standard InChI is InChI=1S/C25H38N2O6/c1-4-7-14-26(13-6-3)23(30)21-25-12-11-18(33-25)19(24(31)32-17-8-5-2)20(25)22(29)27(21)15-9-10-16-28/h5-6,18-21,28H,2-4,7-17H2,1H3/t18-,19+,20-,21?,25?/m0/s1. The molecule has 8 heteroatoms. The van der Waals surface area contributed by atoms with Crippen LogP contribution in [0.3, 0.4) is 0 Å². The number of amides is 2. The summed E-state index contributed by atoms with van der Waals surface area (Å²) in [5.41, 5.74) is -1.01. The van der Waals surface area contributed by atoms with Crippen LogP contribution in [0, 0.1) is 11.8 Å². The van der Waals surface area contributed by atoms with Crippen molar-refractivity contribution in [1.29, 1.82) is 0 Å². The van der Waals surface area contributed by atoms with Gasteiger partial charge in [-0.05, 0) is 38.5 Å². The SMILES string of the molecule is C=CCCOC(=O)[C@@H]1[C@@H]2CCC3(O2)C(C(=O)N(CC=C)CCCC)N(CCCCO)C(=O)[C@H]13. The number of ether oxygens (including phenoxy) is 2. The van der Waals surface area contributed by atoms with Crippen molar-refractivity contribution in [2.75, 3.05) is 32.8 Å². The van der Waals surface area contributed by atoms with Gasteiger partial charge in [-0.15, -0.1) is 13.2 Å². The monoisotopic (exact) mass is 462 g/mol. The molecule has 33 heavy (non-hydrogen) atoms. The van der Waals surface area contributed by atoms with E-state index in [1.54, 1.807) is 22.0 Å². The number of likely N-dealkylation sites (tertiary alicyclic amines) is 1. The van der Waals surface area contributed by atoms with Gasteiger partial charge in [0.2, 0.25) is 11.8 Å². The number of unbranched alkanes of at least 4 members (excludes halogenated alkanes) is 2. The predicted molar refractivity (Wildman–Crippen MR) is 123 cm³/mol. The number of hydrogen-bond donors (Lipinski definition) is 1. The lowest BCUT2D eigenvalue weighted by Gasteiger charge is -2.36. The van der Waals surface area contributed by atoms with Crippen molar-refractivity contribution < 1.29 is 29.0 Å². The van der Waals surface area contributed by atoms with Crippen LogP contribution >= 0.6 is 0 Å². The second-order valence-corrected chi connectivity index (χ2v) is 9.19. The van der Waals surface area contributed by atoms with Gasteiger partial charge in [0.15, 0.2) is 0 Å². The van der Waals surface area contributed by atoms with Gasteiger partial charge in [-0.1, -0.05) is 25.5 Å². The maximum absolute atomic E-state index is 13.9. The number of aliphatic hydroxyl groups is 1. The van der Waals surface area contributed by atoms with Gasteiger partial charge in [-0.2, -0.15) is 0 Å². The second kappa shape index (κ2) is 11.3. The lowest BCUT2D eigenvalue weighted by Crippen LogP contribution is -2.56. The Hall–Kier alpha value is -2.19. The van der Waals surface area contributed by atoms with Crippen LogP contribution < -0.4 is 0 Å². The first kappa shape index (κ1) is 25.4. The summed E-state index contributed by atoms with van der Waals surface area (Å²) in [7, 11) is 0. The summed E-state index contributed by atoms with van der Waals surface area (Å²) in [6, 6.07) is -0.776. The van der Waals surface area contributed by atoms with Crippen molar-refractivity contribution in [2.45, 2.75) is 69.6 Å². The number of nitrogens with zero attached hydrogens (tertiary/aromatic N) is 2. The molecule has 3 aliphatic heterocycles. The van der Waals surface area contributed by atoms with Crippen molar-refractivity contribution >= 4 is 17.8 Å². The topological polar surface area (TPSA) is 96.4 Å². The van der Waals surface area contributed by atoms with Gasteiger partial charge in [0.25, 0.3) is 0 Å². The smallest absolute Gasteiger partial charge is 0.312 e. The van der Waals surface area contributed by atoms with Gasteiger partial charge < -0.3 is 24.4 Å². The van der Waals surface area contributed by atoms with Crippen LogP contribution in [0.2, 0.25) is 0 Å². The molecule has 0 aromatic heterocycles. The van der Waals surface area contributed by atoms with Gasteiger partial charge >= 0.3 is 5.97 Å². The molecule has 3 rings (SSSR count). The van der Waals surface area contributed by atoms with Crippen LogP contribution in [0.1, 0.15) is 51.9 Å². The third kappa shape index (κ3) is 4.73.